The second-order valence-corrected chi connectivity index (χ2v) is 4.38. The number of nitrogens with two attached hydrogens (primary N) is 1. The predicted octanol–water partition coefficient (Wildman–Crippen LogP) is 2.38. The SMILES string of the molecule is COc1ncc(Cl)c(NCCc2ccc(N)cc2)n1. The molecule has 2 aromatic rings. The van der Waals surface area contributed by atoms with Crippen molar-refractivity contribution in [3.63, 3.8) is 0 Å². The van der Waals surface area contributed by atoms with Gasteiger partial charge in [-0.1, -0.05) is 23.7 Å². The van der Waals surface area contributed by atoms with Gasteiger partial charge in [-0.05, 0) is 24.1 Å². The van der Waals surface area contributed by atoms with Gasteiger partial charge in [0.15, 0.2) is 5.82 Å². The molecule has 0 saturated heterocycles. The highest BCUT2D eigenvalue weighted by molar-refractivity contribution is 6.32. The van der Waals surface area contributed by atoms with Gasteiger partial charge in [0, 0.05) is 12.2 Å². The molecule has 1 aromatic heterocycles. The molecule has 0 aliphatic heterocycles. The number of aromatic nitrogens is 2. The van der Waals surface area contributed by atoms with Crippen molar-refractivity contribution in [2.45, 2.75) is 6.42 Å². The third kappa shape index (κ3) is 3.72. The molecule has 1 heterocycles. The van der Waals surface area contributed by atoms with Gasteiger partial charge in [0.1, 0.15) is 5.02 Å². The number of methoxy groups -OCH3 is 1. The Morgan fingerprint density at radius 3 is 2.74 bits per heavy atom. The van der Waals surface area contributed by atoms with Crippen molar-refractivity contribution >= 4 is 23.1 Å². The van der Waals surface area contributed by atoms with E-state index in [1.54, 1.807) is 0 Å². The summed E-state index contributed by atoms with van der Waals surface area (Å²) in [6.07, 6.45) is 2.36. The number of nitrogens with zero attached hydrogens (tertiary/aromatic N) is 2. The highest BCUT2D eigenvalue weighted by Crippen LogP contribution is 2.20. The molecule has 0 unspecified atom stereocenters. The first kappa shape index (κ1) is 13.4. The van der Waals surface area contributed by atoms with E-state index in [4.69, 9.17) is 22.1 Å². The minimum Gasteiger partial charge on any atom is -0.467 e. The van der Waals surface area contributed by atoms with Crippen LogP contribution in [-0.2, 0) is 6.42 Å². The van der Waals surface area contributed by atoms with Crippen molar-refractivity contribution in [1.82, 2.24) is 9.97 Å². The molecule has 0 spiro atoms. The Morgan fingerprint density at radius 1 is 1.32 bits per heavy atom. The first-order valence-corrected chi connectivity index (χ1v) is 6.21. The number of hydrogen-bond acceptors (Lipinski definition) is 5. The molecule has 19 heavy (non-hydrogen) atoms. The highest BCUT2D eigenvalue weighted by atomic mass is 35.5. The molecule has 100 valence electrons. The van der Waals surface area contributed by atoms with Crippen LogP contribution in [0, 0.1) is 0 Å². The lowest BCUT2D eigenvalue weighted by Crippen LogP contribution is -2.08. The maximum atomic E-state index is 6.00. The number of hydrogen-bond donors (Lipinski definition) is 2. The molecular formula is C13H15ClN4O. The van der Waals surface area contributed by atoms with Crippen LogP contribution < -0.4 is 15.8 Å². The number of nitrogen functional groups attached to an aromatic ring is 1. The molecule has 0 atom stereocenters. The van der Waals surface area contributed by atoms with Crippen molar-refractivity contribution in [3.05, 3.63) is 41.0 Å². The van der Waals surface area contributed by atoms with Gasteiger partial charge in [-0.15, -0.1) is 0 Å². The van der Waals surface area contributed by atoms with Gasteiger partial charge in [0.2, 0.25) is 0 Å². The van der Waals surface area contributed by atoms with E-state index in [0.717, 1.165) is 12.1 Å². The van der Waals surface area contributed by atoms with Gasteiger partial charge < -0.3 is 15.8 Å². The van der Waals surface area contributed by atoms with Crippen LogP contribution in [0.1, 0.15) is 5.56 Å². The molecule has 0 fully saturated rings. The molecule has 3 N–H and O–H groups in total. The lowest BCUT2D eigenvalue weighted by molar-refractivity contribution is 0.380. The van der Waals surface area contributed by atoms with Gasteiger partial charge in [-0.25, -0.2) is 4.98 Å². The third-order valence-corrected chi connectivity index (χ3v) is 2.87. The average Bonchev–Trinajstić information content (AvgIpc) is 2.43. The van der Waals surface area contributed by atoms with Crippen LogP contribution in [0.2, 0.25) is 5.02 Å². The molecule has 6 heteroatoms. The molecule has 0 saturated carbocycles. The van der Waals surface area contributed by atoms with E-state index in [1.807, 2.05) is 24.3 Å². The Bertz CT molecular complexity index is 545. The first-order chi connectivity index (χ1) is 9.19. The van der Waals surface area contributed by atoms with E-state index < -0.39 is 0 Å². The van der Waals surface area contributed by atoms with Gasteiger partial charge in [-0.2, -0.15) is 4.98 Å². The Balaban J connectivity index is 1.93. The van der Waals surface area contributed by atoms with Crippen LogP contribution in [0.3, 0.4) is 0 Å². The summed E-state index contributed by atoms with van der Waals surface area (Å²) in [5.41, 5.74) is 7.59. The summed E-state index contributed by atoms with van der Waals surface area (Å²) in [5, 5.41) is 3.63. The number of halogens is 1. The maximum Gasteiger partial charge on any atom is 0.318 e. The summed E-state index contributed by atoms with van der Waals surface area (Å²) in [4.78, 5) is 8.05. The lowest BCUT2D eigenvalue weighted by Gasteiger charge is -2.08. The largest absolute Gasteiger partial charge is 0.467 e. The normalized spacial score (nSPS) is 10.2. The van der Waals surface area contributed by atoms with Gasteiger partial charge in [0.25, 0.3) is 0 Å². The van der Waals surface area contributed by atoms with Crippen LogP contribution in [0.25, 0.3) is 0 Å². The van der Waals surface area contributed by atoms with Crippen LogP contribution in [0.15, 0.2) is 30.5 Å². The summed E-state index contributed by atoms with van der Waals surface area (Å²) in [6, 6.07) is 8.06. The molecule has 2 rings (SSSR count). The molecule has 1 aromatic carbocycles. The minimum absolute atomic E-state index is 0.291. The summed E-state index contributed by atoms with van der Waals surface area (Å²) < 4.78 is 4.95. The van der Waals surface area contributed by atoms with E-state index in [0.29, 0.717) is 23.4 Å². The Morgan fingerprint density at radius 2 is 2.05 bits per heavy atom. The standard InChI is InChI=1S/C13H15ClN4O/c1-19-13-17-8-11(14)12(18-13)16-7-6-9-2-4-10(15)5-3-9/h2-5,8H,6-7,15H2,1H3,(H,16,17,18). The van der Waals surface area contributed by atoms with E-state index in [-0.39, 0.29) is 0 Å². The maximum absolute atomic E-state index is 6.00. The Hall–Kier alpha value is -2.01. The van der Waals surface area contributed by atoms with Crippen molar-refractivity contribution in [1.29, 1.82) is 0 Å². The second-order valence-electron chi connectivity index (χ2n) is 3.97. The van der Waals surface area contributed by atoms with Gasteiger partial charge >= 0.3 is 6.01 Å². The van der Waals surface area contributed by atoms with E-state index in [9.17, 15) is 0 Å². The highest BCUT2D eigenvalue weighted by Gasteiger charge is 2.04. The van der Waals surface area contributed by atoms with Crippen molar-refractivity contribution in [3.8, 4) is 6.01 Å². The zero-order valence-corrected chi connectivity index (χ0v) is 11.3. The zero-order chi connectivity index (χ0) is 13.7. The van der Waals surface area contributed by atoms with Crippen LogP contribution in [0.5, 0.6) is 6.01 Å². The van der Waals surface area contributed by atoms with Gasteiger partial charge in [0.05, 0.1) is 13.3 Å². The fourth-order valence-corrected chi connectivity index (χ4v) is 1.74. The smallest absolute Gasteiger partial charge is 0.318 e. The first-order valence-electron chi connectivity index (χ1n) is 5.84. The topological polar surface area (TPSA) is 73.1 Å². The number of nitrogens with one attached hydrogen (secondary N) is 1. The van der Waals surface area contributed by atoms with Crippen molar-refractivity contribution in [2.24, 2.45) is 0 Å². The minimum atomic E-state index is 0.291. The molecule has 0 amide bonds. The Labute approximate surface area is 116 Å². The Kier molecular flexibility index (Phi) is 4.41. The van der Waals surface area contributed by atoms with E-state index in [2.05, 4.69) is 15.3 Å². The zero-order valence-electron chi connectivity index (χ0n) is 10.6. The number of rotatable bonds is 5. The summed E-state index contributed by atoms with van der Waals surface area (Å²) in [7, 11) is 1.52. The van der Waals surface area contributed by atoms with Crippen molar-refractivity contribution < 1.29 is 4.74 Å². The number of anilines is 2. The molecular weight excluding hydrogens is 264 g/mol. The molecule has 0 aliphatic rings. The molecule has 5 nitrogen and oxygen atoms in total. The van der Waals surface area contributed by atoms with Crippen LogP contribution in [0.4, 0.5) is 11.5 Å². The monoisotopic (exact) mass is 278 g/mol. The second kappa shape index (κ2) is 6.24. The fraction of sp³-hybridized carbons (Fsp3) is 0.231. The number of benzene rings is 1. The average molecular weight is 279 g/mol. The fourth-order valence-electron chi connectivity index (χ4n) is 1.58. The van der Waals surface area contributed by atoms with E-state index in [1.165, 1.54) is 18.9 Å². The molecule has 0 bridgehead atoms. The predicted molar refractivity (Wildman–Crippen MR) is 76.6 cm³/mol. The third-order valence-electron chi connectivity index (χ3n) is 2.59. The molecule has 0 aliphatic carbocycles. The van der Waals surface area contributed by atoms with Crippen LogP contribution >= 0.6 is 11.6 Å². The lowest BCUT2D eigenvalue weighted by atomic mass is 10.1. The summed E-state index contributed by atoms with van der Waals surface area (Å²) >= 11 is 6.00. The number of ether oxygens (including phenoxy) is 1. The van der Waals surface area contributed by atoms with Crippen LogP contribution in [-0.4, -0.2) is 23.6 Å². The quantitative estimate of drug-likeness (QED) is 0.822. The summed E-state index contributed by atoms with van der Waals surface area (Å²) in [6.45, 7) is 0.712. The summed E-state index contributed by atoms with van der Waals surface area (Å²) in [5.74, 6) is 0.573. The van der Waals surface area contributed by atoms with Gasteiger partial charge in [-0.3, -0.25) is 0 Å². The molecule has 0 radical (unpaired) electrons. The van der Waals surface area contributed by atoms with E-state index >= 15 is 0 Å². The van der Waals surface area contributed by atoms with Crippen molar-refractivity contribution in [2.75, 3.05) is 24.7 Å².